The third kappa shape index (κ3) is 9.75. The summed E-state index contributed by atoms with van der Waals surface area (Å²) in [6.07, 6.45) is -44.5. The van der Waals surface area contributed by atoms with Crippen LogP contribution < -0.4 is 0 Å². The largest absolute Gasteiger partial charge is 0.426 e. The molecule has 60 heavy (non-hydrogen) atoms. The molecular weight excluding hydrogens is 912 g/mol. The van der Waals surface area contributed by atoms with Gasteiger partial charge in [-0.25, -0.2) is 0 Å². The zero-order chi connectivity index (χ0) is 48.3. The Hall–Kier alpha value is -1.92. The van der Waals surface area contributed by atoms with Crippen molar-refractivity contribution in [3.63, 3.8) is 0 Å². The summed E-state index contributed by atoms with van der Waals surface area (Å²) >= 11 is 0. The highest BCUT2D eigenvalue weighted by Crippen LogP contribution is 2.69. The number of aliphatic hydroxyl groups is 4. The summed E-state index contributed by atoms with van der Waals surface area (Å²) in [4.78, 5) is 0. The molecule has 0 spiro atoms. The molecule has 6 fully saturated rings. The van der Waals surface area contributed by atoms with Crippen molar-refractivity contribution in [3.8, 4) is 0 Å². The lowest BCUT2D eigenvalue weighted by Gasteiger charge is -2.37. The Morgan fingerprint density at radius 3 is 0.683 bits per heavy atom. The molecule has 0 aromatic rings. The van der Waals surface area contributed by atoms with Gasteiger partial charge < -0.3 is 29.9 Å². The van der Waals surface area contributed by atoms with Gasteiger partial charge in [0, 0.05) is 26.1 Å². The molecule has 6 rings (SSSR count). The van der Waals surface area contributed by atoms with E-state index < -0.39 is 108 Å². The van der Waals surface area contributed by atoms with Crippen LogP contribution in [0.15, 0.2) is 0 Å². The Labute approximate surface area is 322 Å². The smallest absolute Gasteiger partial charge is 0.400 e. The molecule has 4 saturated carbocycles. The molecule has 0 aromatic carbocycles. The van der Waals surface area contributed by atoms with Gasteiger partial charge in [-0.15, -0.1) is 0 Å². The second-order valence-electron chi connectivity index (χ2n) is 14.6. The molecule has 4 aliphatic carbocycles. The number of aliphatic hydroxyl groups excluding tert-OH is 2. The summed E-state index contributed by atoms with van der Waals surface area (Å²) < 4.78 is 300. The first kappa shape index (κ1) is 56.1. The van der Waals surface area contributed by atoms with Crippen molar-refractivity contribution in [3.05, 3.63) is 0 Å². The van der Waals surface area contributed by atoms with Crippen molar-refractivity contribution in [1.82, 2.24) is 0 Å². The van der Waals surface area contributed by atoms with Crippen LogP contribution in [0.2, 0.25) is 0 Å². The summed E-state index contributed by atoms with van der Waals surface area (Å²) in [7, 11) is 2.00. The van der Waals surface area contributed by atoms with Gasteiger partial charge in [0.15, 0.2) is 0 Å². The van der Waals surface area contributed by atoms with E-state index in [0.29, 0.717) is 25.7 Å². The zero-order valence-electron chi connectivity index (χ0n) is 30.5. The minimum Gasteiger partial charge on any atom is -0.400 e. The van der Waals surface area contributed by atoms with Gasteiger partial charge in [0.1, 0.15) is 0 Å². The van der Waals surface area contributed by atoms with E-state index in [0.717, 1.165) is 14.2 Å². The second kappa shape index (κ2) is 17.2. The molecule has 4 unspecified atom stereocenters. The lowest BCUT2D eigenvalue weighted by molar-refractivity contribution is -0.384. The number of rotatable bonds is 0. The molecular formula is C30H36F24O6. The van der Waals surface area contributed by atoms with Crippen LogP contribution in [0.1, 0.15) is 52.4 Å². The van der Waals surface area contributed by atoms with Crippen LogP contribution in [-0.4, -0.2) is 119 Å². The maximum absolute atomic E-state index is 12.9. The highest BCUT2D eigenvalue weighted by atomic mass is 19.4. The average molecular weight is 949 g/mol. The van der Waals surface area contributed by atoms with Crippen LogP contribution in [0.3, 0.4) is 0 Å². The first-order valence-electron chi connectivity index (χ1n) is 16.6. The van der Waals surface area contributed by atoms with E-state index in [-0.39, 0.29) is 38.5 Å². The fraction of sp³-hybridized carbons (Fsp3) is 1.00. The lowest BCUT2D eigenvalue weighted by Crippen LogP contribution is -2.60. The summed E-state index contributed by atoms with van der Waals surface area (Å²) in [6, 6.07) is 0. The number of hydrogen-bond donors (Lipinski definition) is 4. The SMILES string of the molecule is CC(O)(C(F)(F)F)C(F)(F)F.CC(O)(C(F)(F)F)C(F)(F)F.CO.CO.FC(F)(F)C1(C(F)(F)F)OC2C[C@@H]3CC1[C@H]2C3.FC(F)(F)C1(C(F)(F)F)OC2C[C@H]3CC1[C@@H]2C3. The molecule has 6 aliphatic rings. The number of fused-ring (bicyclic) bond motifs is 2. The van der Waals surface area contributed by atoms with E-state index in [4.69, 9.17) is 20.4 Å². The van der Waals surface area contributed by atoms with Crippen LogP contribution in [0.25, 0.3) is 0 Å². The zero-order valence-corrected chi connectivity index (χ0v) is 30.5. The maximum atomic E-state index is 12.9. The third-order valence-corrected chi connectivity index (χ3v) is 11.1. The van der Waals surface area contributed by atoms with Gasteiger partial charge in [-0.05, 0) is 76.0 Å². The molecule has 0 radical (unpaired) electrons. The molecule has 0 aromatic heterocycles. The van der Waals surface area contributed by atoms with Crippen LogP contribution in [0, 0.1) is 35.5 Å². The van der Waals surface area contributed by atoms with Crippen molar-refractivity contribution in [2.24, 2.45) is 35.5 Å². The van der Waals surface area contributed by atoms with E-state index in [1.165, 1.54) is 0 Å². The molecule has 2 heterocycles. The van der Waals surface area contributed by atoms with Crippen molar-refractivity contribution >= 4 is 0 Å². The van der Waals surface area contributed by atoms with Gasteiger partial charge in [0.2, 0.25) is 0 Å². The molecule has 8 atom stereocenters. The highest BCUT2D eigenvalue weighted by Gasteiger charge is 2.84. The minimum absolute atomic E-state index is 0.0137. The van der Waals surface area contributed by atoms with E-state index in [1.807, 2.05) is 0 Å². The van der Waals surface area contributed by atoms with Crippen molar-refractivity contribution in [2.45, 2.75) is 136 Å². The first-order valence-corrected chi connectivity index (χ1v) is 16.6. The molecule has 4 N–H and O–H groups in total. The summed E-state index contributed by atoms with van der Waals surface area (Å²) in [5, 5.41) is 29.9. The van der Waals surface area contributed by atoms with Gasteiger partial charge in [-0.1, -0.05) is 0 Å². The van der Waals surface area contributed by atoms with Crippen molar-refractivity contribution in [1.29, 1.82) is 0 Å². The Balaban J connectivity index is 0.000000398. The van der Waals surface area contributed by atoms with Crippen LogP contribution in [-0.2, 0) is 9.47 Å². The summed E-state index contributed by atoms with van der Waals surface area (Å²) in [5.74, 6) is -4.06. The standard InChI is InChI=1S/2C10H10F6O.2C4H4F6O.2CH4O/c2*11-9(12,13)8(10(14,15)16)6-2-4-1-5(6)7(3-4)17-8;2*1-2(11,3(5,6)7)4(8,9)10;2*1-2/h2*4-7H,1-3H2;2*11H,1H3;2*2H,1H3/t2*4-,5+,6?,7?;;;;/m10..../s1. The Morgan fingerprint density at radius 1 is 0.367 bits per heavy atom. The lowest BCUT2D eigenvalue weighted by atomic mass is 9.78. The van der Waals surface area contributed by atoms with E-state index in [1.54, 1.807) is 0 Å². The van der Waals surface area contributed by atoms with E-state index >= 15 is 0 Å². The van der Waals surface area contributed by atoms with Gasteiger partial charge in [0.25, 0.3) is 22.4 Å². The molecule has 4 bridgehead atoms. The summed E-state index contributed by atoms with van der Waals surface area (Å²) in [6.45, 7) is -0.681. The van der Waals surface area contributed by atoms with Crippen molar-refractivity contribution < 1.29 is 135 Å². The maximum Gasteiger partial charge on any atom is 0.426 e. The second-order valence-corrected chi connectivity index (χ2v) is 14.6. The number of alkyl halides is 24. The fourth-order valence-corrected chi connectivity index (χ4v) is 8.18. The Morgan fingerprint density at radius 2 is 0.567 bits per heavy atom. The van der Waals surface area contributed by atoms with Crippen molar-refractivity contribution in [2.75, 3.05) is 14.2 Å². The molecule has 2 saturated heterocycles. The minimum atomic E-state index is -5.69. The average Bonchev–Trinajstić information content (AvgIpc) is 3.84. The predicted octanol–water partition coefficient (Wildman–Crippen LogP) is 9.53. The molecule has 6 nitrogen and oxygen atoms in total. The molecule has 0 amide bonds. The molecule has 2 aliphatic heterocycles. The monoisotopic (exact) mass is 948 g/mol. The molecule has 30 heteroatoms. The fourth-order valence-electron chi connectivity index (χ4n) is 8.18. The van der Waals surface area contributed by atoms with E-state index in [9.17, 15) is 105 Å². The third-order valence-electron chi connectivity index (χ3n) is 11.1. The van der Waals surface area contributed by atoms with E-state index in [2.05, 4.69) is 9.47 Å². The van der Waals surface area contributed by atoms with Gasteiger partial charge in [0.05, 0.1) is 12.2 Å². The first-order chi connectivity index (χ1) is 26.3. The van der Waals surface area contributed by atoms with Crippen LogP contribution in [0.5, 0.6) is 0 Å². The van der Waals surface area contributed by atoms with Gasteiger partial charge in [-0.3, -0.25) is 0 Å². The number of halogens is 24. The van der Waals surface area contributed by atoms with Gasteiger partial charge >= 0.3 is 49.4 Å². The number of ether oxygens (including phenoxy) is 2. The molecule has 360 valence electrons. The van der Waals surface area contributed by atoms with Crippen LogP contribution in [0.4, 0.5) is 105 Å². The highest BCUT2D eigenvalue weighted by molar-refractivity contribution is 5.17. The Bertz CT molecular complexity index is 1220. The Kier molecular flexibility index (Phi) is 16.1. The van der Waals surface area contributed by atoms with Gasteiger partial charge in [-0.2, -0.15) is 105 Å². The normalized spacial score (nSPS) is 30.4. The number of hydrogen-bond acceptors (Lipinski definition) is 6. The predicted molar refractivity (Wildman–Crippen MR) is 150 cm³/mol. The van der Waals surface area contributed by atoms with Crippen LogP contribution >= 0.6 is 0 Å². The quantitative estimate of drug-likeness (QED) is 0.181. The summed E-state index contributed by atoms with van der Waals surface area (Å²) in [5.41, 5.74) is -17.1. The topological polar surface area (TPSA) is 99.4 Å².